The van der Waals surface area contributed by atoms with Crippen LogP contribution >= 0.6 is 0 Å². The highest BCUT2D eigenvalue weighted by Crippen LogP contribution is 2.21. The summed E-state index contributed by atoms with van der Waals surface area (Å²) in [4.78, 5) is 58.6. The summed E-state index contributed by atoms with van der Waals surface area (Å²) in [5.41, 5.74) is 6.52. The molecular weight excluding hydrogens is 428 g/mol. The Bertz CT molecular complexity index is 825. The smallest absolute Gasteiger partial charge is 0.326 e. The van der Waals surface area contributed by atoms with Crippen molar-refractivity contribution in [1.29, 1.82) is 0 Å². The molecule has 6 N–H and O–H groups in total. The van der Waals surface area contributed by atoms with Crippen LogP contribution in [-0.2, 0) is 25.6 Å². The SMILES string of the molecule is CC(C)CC(NC(=O)C(N)C(C)C)C(=O)N1CCCC1C(=O)NC(Cc1cnc[nH]1)C(=O)O. The maximum absolute atomic E-state index is 13.4. The number of aromatic amines is 1. The van der Waals surface area contributed by atoms with Crippen LogP contribution in [0.15, 0.2) is 12.5 Å². The highest BCUT2D eigenvalue weighted by atomic mass is 16.4. The summed E-state index contributed by atoms with van der Waals surface area (Å²) < 4.78 is 0. The molecule has 0 saturated carbocycles. The van der Waals surface area contributed by atoms with E-state index in [1.165, 1.54) is 17.4 Å². The maximum atomic E-state index is 13.4. The normalized spacial score (nSPS) is 18.8. The number of carbonyl (C=O) groups is 4. The molecule has 11 heteroatoms. The molecule has 2 rings (SSSR count). The van der Waals surface area contributed by atoms with Crippen LogP contribution in [0.4, 0.5) is 0 Å². The van der Waals surface area contributed by atoms with Crippen molar-refractivity contribution in [1.82, 2.24) is 25.5 Å². The molecule has 184 valence electrons. The molecule has 3 amide bonds. The van der Waals surface area contributed by atoms with E-state index in [0.717, 1.165) is 0 Å². The average Bonchev–Trinajstić information content (AvgIpc) is 3.43. The Morgan fingerprint density at radius 1 is 1.21 bits per heavy atom. The third kappa shape index (κ3) is 7.28. The summed E-state index contributed by atoms with van der Waals surface area (Å²) in [6.45, 7) is 7.89. The lowest BCUT2D eigenvalue weighted by Crippen LogP contribution is -2.57. The summed E-state index contributed by atoms with van der Waals surface area (Å²) in [5, 5.41) is 14.8. The molecule has 1 saturated heterocycles. The zero-order valence-electron chi connectivity index (χ0n) is 19.7. The van der Waals surface area contributed by atoms with E-state index in [-0.39, 0.29) is 24.2 Å². The Kier molecular flexibility index (Phi) is 9.39. The van der Waals surface area contributed by atoms with Crippen molar-refractivity contribution in [3.05, 3.63) is 18.2 Å². The van der Waals surface area contributed by atoms with Crippen LogP contribution in [0.25, 0.3) is 0 Å². The lowest BCUT2D eigenvalue weighted by atomic mass is 10.00. The lowest BCUT2D eigenvalue weighted by molar-refractivity contribution is -0.145. The van der Waals surface area contributed by atoms with E-state index >= 15 is 0 Å². The third-order valence-electron chi connectivity index (χ3n) is 5.77. The van der Waals surface area contributed by atoms with E-state index in [1.54, 1.807) is 0 Å². The zero-order chi connectivity index (χ0) is 24.7. The first-order valence-electron chi connectivity index (χ1n) is 11.4. The molecule has 2 heterocycles. The largest absolute Gasteiger partial charge is 0.480 e. The highest BCUT2D eigenvalue weighted by Gasteiger charge is 2.39. The standard InChI is InChI=1S/C22H36N6O5/c1-12(2)8-15(26-20(30)18(23)13(3)4)21(31)28-7-5-6-17(28)19(29)27-16(22(32)33)9-14-10-24-11-25-14/h10-13,15-18H,5-9,23H2,1-4H3,(H,24,25)(H,26,30)(H,27,29)(H,32,33). The number of carbonyl (C=O) groups excluding carboxylic acids is 3. The predicted molar refractivity (Wildman–Crippen MR) is 121 cm³/mol. The van der Waals surface area contributed by atoms with Gasteiger partial charge >= 0.3 is 5.97 Å². The minimum atomic E-state index is -1.18. The fourth-order valence-corrected chi connectivity index (χ4v) is 3.85. The second-order valence-corrected chi connectivity index (χ2v) is 9.33. The topological polar surface area (TPSA) is 171 Å². The summed E-state index contributed by atoms with van der Waals surface area (Å²) in [5.74, 6) is -2.44. The number of H-pyrrole nitrogens is 1. The van der Waals surface area contributed by atoms with Gasteiger partial charge in [0.1, 0.15) is 18.1 Å². The molecule has 33 heavy (non-hydrogen) atoms. The van der Waals surface area contributed by atoms with E-state index in [4.69, 9.17) is 5.73 Å². The number of nitrogens with one attached hydrogen (secondary N) is 3. The molecule has 0 aromatic carbocycles. The summed E-state index contributed by atoms with van der Waals surface area (Å²) in [7, 11) is 0. The first kappa shape index (κ1) is 26.3. The van der Waals surface area contributed by atoms with Crippen molar-refractivity contribution >= 4 is 23.7 Å². The van der Waals surface area contributed by atoms with E-state index in [9.17, 15) is 24.3 Å². The van der Waals surface area contributed by atoms with Crippen LogP contribution in [0.3, 0.4) is 0 Å². The van der Waals surface area contributed by atoms with Gasteiger partial charge in [-0.05, 0) is 31.1 Å². The maximum Gasteiger partial charge on any atom is 0.326 e. The Hall–Kier alpha value is -2.95. The number of rotatable bonds is 11. The number of aromatic nitrogens is 2. The number of amides is 3. The van der Waals surface area contributed by atoms with Crippen molar-refractivity contribution in [2.24, 2.45) is 17.6 Å². The van der Waals surface area contributed by atoms with Crippen LogP contribution < -0.4 is 16.4 Å². The van der Waals surface area contributed by atoms with E-state index < -0.39 is 42.0 Å². The number of hydrogen-bond donors (Lipinski definition) is 5. The number of imidazole rings is 1. The Balaban J connectivity index is 2.12. The van der Waals surface area contributed by atoms with Crippen molar-refractivity contribution in [3.63, 3.8) is 0 Å². The van der Waals surface area contributed by atoms with Gasteiger partial charge in [-0.2, -0.15) is 0 Å². The molecule has 1 aliphatic heterocycles. The number of carboxylic acids is 1. The fourth-order valence-electron chi connectivity index (χ4n) is 3.85. The van der Waals surface area contributed by atoms with Gasteiger partial charge < -0.3 is 31.4 Å². The van der Waals surface area contributed by atoms with Crippen molar-refractivity contribution in [2.75, 3.05) is 6.54 Å². The summed E-state index contributed by atoms with van der Waals surface area (Å²) >= 11 is 0. The number of hydrogen-bond acceptors (Lipinski definition) is 6. The summed E-state index contributed by atoms with van der Waals surface area (Å²) in [6.07, 6.45) is 4.40. The number of aliphatic carboxylic acids is 1. The van der Waals surface area contributed by atoms with Gasteiger partial charge in [0, 0.05) is 24.9 Å². The highest BCUT2D eigenvalue weighted by molar-refractivity contribution is 5.94. The first-order valence-corrected chi connectivity index (χ1v) is 11.4. The molecule has 1 aliphatic rings. The van der Waals surface area contributed by atoms with Crippen LogP contribution in [0.5, 0.6) is 0 Å². The van der Waals surface area contributed by atoms with Crippen LogP contribution in [0.2, 0.25) is 0 Å². The Morgan fingerprint density at radius 3 is 2.45 bits per heavy atom. The van der Waals surface area contributed by atoms with Crippen LogP contribution in [0, 0.1) is 11.8 Å². The number of nitrogens with zero attached hydrogens (tertiary/aromatic N) is 2. The van der Waals surface area contributed by atoms with E-state index in [1.807, 2.05) is 27.7 Å². The molecule has 0 spiro atoms. The Morgan fingerprint density at radius 2 is 1.91 bits per heavy atom. The second kappa shape index (κ2) is 11.8. The zero-order valence-corrected chi connectivity index (χ0v) is 19.7. The summed E-state index contributed by atoms with van der Waals surface area (Å²) in [6, 6.07) is -3.52. The molecule has 0 aliphatic carbocycles. The van der Waals surface area contributed by atoms with Gasteiger partial charge in [0.25, 0.3) is 0 Å². The third-order valence-corrected chi connectivity index (χ3v) is 5.77. The molecule has 1 fully saturated rings. The molecule has 11 nitrogen and oxygen atoms in total. The molecule has 4 atom stereocenters. The first-order chi connectivity index (χ1) is 15.5. The molecule has 1 aromatic rings. The molecule has 0 radical (unpaired) electrons. The quantitative estimate of drug-likeness (QED) is 0.307. The lowest BCUT2D eigenvalue weighted by Gasteiger charge is -2.31. The van der Waals surface area contributed by atoms with Gasteiger partial charge in [-0.1, -0.05) is 27.7 Å². The number of likely N-dealkylation sites (tertiary alicyclic amines) is 1. The second-order valence-electron chi connectivity index (χ2n) is 9.33. The molecule has 0 bridgehead atoms. The van der Waals surface area contributed by atoms with Gasteiger partial charge in [-0.3, -0.25) is 14.4 Å². The predicted octanol–water partition coefficient (Wildman–Crippen LogP) is 0.0268. The van der Waals surface area contributed by atoms with Crippen molar-refractivity contribution < 1.29 is 24.3 Å². The Labute approximate surface area is 193 Å². The van der Waals surface area contributed by atoms with Crippen molar-refractivity contribution in [2.45, 2.75) is 77.5 Å². The monoisotopic (exact) mass is 464 g/mol. The van der Waals surface area contributed by atoms with Crippen LogP contribution in [-0.4, -0.2) is 74.4 Å². The van der Waals surface area contributed by atoms with Gasteiger partial charge in [-0.25, -0.2) is 9.78 Å². The average molecular weight is 465 g/mol. The number of carboxylic acid groups (broad SMARTS) is 1. The van der Waals surface area contributed by atoms with E-state index in [2.05, 4.69) is 20.6 Å². The molecule has 4 unspecified atom stereocenters. The van der Waals surface area contributed by atoms with Crippen molar-refractivity contribution in [3.8, 4) is 0 Å². The van der Waals surface area contributed by atoms with Crippen LogP contribution in [0.1, 0.15) is 52.7 Å². The number of nitrogens with two attached hydrogens (primary N) is 1. The van der Waals surface area contributed by atoms with Gasteiger partial charge in [0.15, 0.2) is 0 Å². The van der Waals surface area contributed by atoms with Gasteiger partial charge in [0.05, 0.1) is 12.4 Å². The molecular formula is C22H36N6O5. The van der Waals surface area contributed by atoms with Gasteiger partial charge in [0.2, 0.25) is 17.7 Å². The minimum absolute atomic E-state index is 0.0425. The minimum Gasteiger partial charge on any atom is -0.480 e. The van der Waals surface area contributed by atoms with E-state index in [0.29, 0.717) is 31.5 Å². The van der Waals surface area contributed by atoms with Gasteiger partial charge in [-0.15, -0.1) is 0 Å². The fraction of sp³-hybridized carbons (Fsp3) is 0.682. The molecule has 1 aromatic heterocycles.